The van der Waals surface area contributed by atoms with Crippen LogP contribution in [-0.2, 0) is 47.7 Å². The zero-order valence-electron chi connectivity index (χ0n) is 18.3. The summed E-state index contributed by atoms with van der Waals surface area (Å²) < 4.78 is 50.7. The van der Waals surface area contributed by atoms with Gasteiger partial charge in [0.25, 0.3) is 10.1 Å². The summed E-state index contributed by atoms with van der Waals surface area (Å²) in [5.41, 5.74) is 0.559. The third-order valence-corrected chi connectivity index (χ3v) is 5.48. The maximum Gasteiger partial charge on any atom is 0.303 e. The number of halogens is 1. The van der Waals surface area contributed by atoms with E-state index in [2.05, 4.69) is 15.9 Å². The highest BCUT2D eigenvalue weighted by Gasteiger charge is 2.44. The first-order valence-electron chi connectivity index (χ1n) is 9.65. The zero-order valence-corrected chi connectivity index (χ0v) is 19.8. The van der Waals surface area contributed by atoms with Gasteiger partial charge in [-0.15, -0.1) is 0 Å². The number of ether oxygens (including phenoxy) is 3. The molecule has 1 aromatic rings. The summed E-state index contributed by atoms with van der Waals surface area (Å²) in [7, 11) is -4.38. The molecular formula is C19H23BrO11S. The quantitative estimate of drug-likeness (QED) is 0.183. The highest BCUT2D eigenvalue weighted by atomic mass is 79.9. The Hall–Kier alpha value is -2.35. The van der Waals surface area contributed by atoms with Crippen LogP contribution < -0.4 is 0 Å². The minimum atomic E-state index is -4.38. The third kappa shape index (κ3) is 8.65. The summed E-state index contributed by atoms with van der Waals surface area (Å²) in [5, 5.41) is 10.5. The predicted molar refractivity (Wildman–Crippen MR) is 111 cm³/mol. The molecule has 4 atom stereocenters. The van der Waals surface area contributed by atoms with E-state index in [9.17, 15) is 32.7 Å². The minimum Gasteiger partial charge on any atom is -0.456 e. The summed E-state index contributed by atoms with van der Waals surface area (Å²) in [4.78, 5) is 46.3. The first kappa shape index (κ1) is 25.9. The van der Waals surface area contributed by atoms with Gasteiger partial charge in [-0.2, -0.15) is 8.42 Å². The van der Waals surface area contributed by atoms with E-state index in [1.807, 2.05) is 0 Å². The van der Waals surface area contributed by atoms with Crippen LogP contribution in [0.4, 0.5) is 0 Å². The van der Waals surface area contributed by atoms with Crippen molar-refractivity contribution in [2.45, 2.75) is 57.0 Å². The Bertz CT molecular complexity index is 964. The van der Waals surface area contributed by atoms with Crippen molar-refractivity contribution < 1.29 is 52.5 Å². The molecule has 0 aliphatic heterocycles. The van der Waals surface area contributed by atoms with Crippen LogP contribution in [0, 0.1) is 6.90 Å². The second kappa shape index (κ2) is 12.0. The molecule has 0 unspecified atom stereocenters. The highest BCUT2D eigenvalue weighted by molar-refractivity contribution is 9.18. The lowest BCUT2D eigenvalue weighted by Crippen LogP contribution is -2.53. The smallest absolute Gasteiger partial charge is 0.303 e. The molecule has 0 amide bonds. The molecule has 0 bridgehead atoms. The molecule has 0 spiro atoms. The fourth-order valence-electron chi connectivity index (χ4n) is 2.45. The van der Waals surface area contributed by atoms with E-state index in [0.717, 1.165) is 20.8 Å². The van der Waals surface area contributed by atoms with Crippen LogP contribution in [0.15, 0.2) is 29.2 Å². The number of aliphatic hydroxyl groups is 1. The Morgan fingerprint density at radius 3 is 1.91 bits per heavy atom. The summed E-state index contributed by atoms with van der Waals surface area (Å²) in [5.74, 6) is -2.90. The van der Waals surface area contributed by atoms with Gasteiger partial charge in [0.05, 0.1) is 11.5 Å². The van der Waals surface area contributed by atoms with Crippen molar-refractivity contribution in [3.05, 3.63) is 29.8 Å². The zero-order chi connectivity index (χ0) is 25.3. The summed E-state index contributed by atoms with van der Waals surface area (Å²) in [6, 6.07) is 5.22. The second-order valence-corrected chi connectivity index (χ2v) is 8.83. The number of carbonyl (C=O) groups excluding carboxylic acids is 4. The van der Waals surface area contributed by atoms with Crippen molar-refractivity contribution in [3.63, 3.8) is 0 Å². The van der Waals surface area contributed by atoms with Crippen molar-refractivity contribution in [2.75, 3.05) is 6.61 Å². The Labute approximate surface area is 194 Å². The van der Waals surface area contributed by atoms with Gasteiger partial charge in [-0.3, -0.25) is 23.4 Å². The monoisotopic (exact) mass is 539 g/mol. The SMILES string of the molecule is [2H]Cc1ccc(S(=O)(=O)OC[C@@H](O)[C@@H](OC(C)=O)[C@H](OC(C)=O)[C@@H](OC(C)=O)C(=O)Br)cc1. The van der Waals surface area contributed by atoms with E-state index in [4.69, 9.17) is 19.8 Å². The van der Waals surface area contributed by atoms with Gasteiger partial charge in [0.15, 0.2) is 12.2 Å². The molecule has 0 saturated heterocycles. The molecule has 178 valence electrons. The van der Waals surface area contributed by atoms with Crippen molar-refractivity contribution in [2.24, 2.45) is 0 Å². The van der Waals surface area contributed by atoms with Gasteiger partial charge >= 0.3 is 17.9 Å². The highest BCUT2D eigenvalue weighted by Crippen LogP contribution is 2.21. The largest absolute Gasteiger partial charge is 0.456 e. The van der Waals surface area contributed by atoms with Gasteiger partial charge in [-0.1, -0.05) is 17.7 Å². The number of rotatable bonds is 11. The van der Waals surface area contributed by atoms with E-state index in [1.165, 1.54) is 24.3 Å². The molecule has 0 saturated carbocycles. The second-order valence-electron chi connectivity index (χ2n) is 6.43. The van der Waals surface area contributed by atoms with Crippen molar-refractivity contribution in [3.8, 4) is 0 Å². The lowest BCUT2D eigenvalue weighted by atomic mass is 10.0. The number of benzene rings is 1. The molecule has 1 N–H and O–H groups in total. The van der Waals surface area contributed by atoms with Crippen molar-refractivity contribution in [1.29, 1.82) is 0 Å². The molecule has 0 radical (unpaired) electrons. The average Bonchev–Trinajstić information content (AvgIpc) is 2.72. The van der Waals surface area contributed by atoms with Crippen LogP contribution >= 0.6 is 15.9 Å². The van der Waals surface area contributed by atoms with Gasteiger partial charge in [-0.25, -0.2) is 0 Å². The van der Waals surface area contributed by atoms with E-state index in [-0.39, 0.29) is 11.8 Å². The summed E-state index contributed by atoms with van der Waals surface area (Å²) in [6.45, 7) is 1.84. The van der Waals surface area contributed by atoms with Gasteiger partial charge in [-0.05, 0) is 35.0 Å². The van der Waals surface area contributed by atoms with Crippen LogP contribution in [0.5, 0.6) is 0 Å². The van der Waals surface area contributed by atoms with Crippen molar-refractivity contribution >= 4 is 48.6 Å². The van der Waals surface area contributed by atoms with Crippen LogP contribution in [0.25, 0.3) is 0 Å². The number of aryl methyl sites for hydroxylation is 1. The van der Waals surface area contributed by atoms with Crippen LogP contribution in [0.2, 0.25) is 0 Å². The molecule has 0 aliphatic carbocycles. The lowest BCUT2D eigenvalue weighted by molar-refractivity contribution is -0.193. The normalized spacial score (nSPS) is 15.5. The Morgan fingerprint density at radius 2 is 1.47 bits per heavy atom. The molecular weight excluding hydrogens is 516 g/mol. The number of aliphatic hydroxyl groups excluding tert-OH is 1. The van der Waals surface area contributed by atoms with Crippen LogP contribution in [0.3, 0.4) is 0 Å². The molecule has 0 heterocycles. The number of hydrogen-bond acceptors (Lipinski definition) is 11. The minimum absolute atomic E-state index is 0.0582. The maximum atomic E-state index is 12.4. The Balaban J connectivity index is 3.20. The van der Waals surface area contributed by atoms with Crippen molar-refractivity contribution in [1.82, 2.24) is 0 Å². The average molecular weight is 540 g/mol. The van der Waals surface area contributed by atoms with Gasteiger partial charge in [0, 0.05) is 22.1 Å². The number of esters is 3. The molecule has 32 heavy (non-hydrogen) atoms. The predicted octanol–water partition coefficient (Wildman–Crippen LogP) is 0.778. The molecule has 0 aromatic heterocycles. The summed E-state index contributed by atoms with van der Waals surface area (Å²) >= 11 is 2.59. The van der Waals surface area contributed by atoms with E-state index in [1.54, 1.807) is 0 Å². The Morgan fingerprint density at radius 1 is 0.969 bits per heavy atom. The number of hydrogen-bond donors (Lipinski definition) is 1. The van der Waals surface area contributed by atoms with E-state index < -0.39 is 63.7 Å². The van der Waals surface area contributed by atoms with Gasteiger partial charge < -0.3 is 19.3 Å². The number of carbonyl (C=O) groups is 4. The van der Waals surface area contributed by atoms with Gasteiger partial charge in [0.1, 0.15) is 6.10 Å². The fourth-order valence-corrected chi connectivity index (χ4v) is 3.73. The van der Waals surface area contributed by atoms with Crippen LogP contribution in [0.1, 0.15) is 27.7 Å². The van der Waals surface area contributed by atoms with E-state index in [0.29, 0.717) is 5.56 Å². The lowest BCUT2D eigenvalue weighted by Gasteiger charge is -2.32. The van der Waals surface area contributed by atoms with E-state index >= 15 is 0 Å². The van der Waals surface area contributed by atoms with Gasteiger partial charge in [0.2, 0.25) is 10.8 Å². The molecule has 1 aromatic carbocycles. The molecule has 13 heteroatoms. The maximum absolute atomic E-state index is 12.4. The standard InChI is InChI=1S/C19H23BrO11S/c1-10-5-7-14(8-6-10)32(26,27)28-9-15(24)16(29-11(2)21)17(30-12(3)22)18(19(20)25)31-13(4)23/h5-8,15-18,24H,9H2,1-4H3/t15-,16-,17+,18-/m1/s1/i1D. The summed E-state index contributed by atoms with van der Waals surface area (Å²) in [6.07, 6.45) is -7.46. The molecule has 0 aliphatic rings. The van der Waals surface area contributed by atoms with Crippen LogP contribution in [-0.4, -0.2) is 67.1 Å². The third-order valence-electron chi connectivity index (χ3n) is 3.73. The molecule has 1 rings (SSSR count). The Kier molecular flexibility index (Phi) is 9.75. The fraction of sp³-hybridized carbons (Fsp3) is 0.474. The first-order chi connectivity index (χ1) is 15.3. The molecule has 11 nitrogen and oxygen atoms in total. The first-order valence-corrected chi connectivity index (χ1v) is 11.1. The molecule has 0 fully saturated rings. The topological polar surface area (TPSA) is 160 Å².